The van der Waals surface area contributed by atoms with Crippen LogP contribution >= 0.6 is 11.3 Å². The molecule has 0 saturated carbocycles. The third-order valence-corrected chi connectivity index (χ3v) is 4.49. The largest absolute Gasteiger partial charge is 0.380 e. The van der Waals surface area contributed by atoms with Crippen LogP contribution in [0.3, 0.4) is 0 Å². The molecule has 112 valence electrons. The van der Waals surface area contributed by atoms with Gasteiger partial charge >= 0.3 is 0 Å². The fourth-order valence-electron chi connectivity index (χ4n) is 2.41. The number of para-hydroxylation sites is 1. The first kappa shape index (κ1) is 13.7. The zero-order valence-electron chi connectivity index (χ0n) is 12.1. The number of anilines is 1. The second-order valence-corrected chi connectivity index (χ2v) is 5.93. The molecule has 5 nitrogen and oxygen atoms in total. The summed E-state index contributed by atoms with van der Waals surface area (Å²) in [6.45, 7) is 0. The molecule has 1 aliphatic heterocycles. The van der Waals surface area contributed by atoms with Crippen molar-refractivity contribution in [1.29, 1.82) is 0 Å². The fraction of sp³-hybridized carbons (Fsp3) is 0. The number of rotatable bonds is 3. The molecule has 2 heterocycles. The third kappa shape index (κ3) is 2.49. The van der Waals surface area contributed by atoms with E-state index in [0.717, 1.165) is 16.6 Å². The van der Waals surface area contributed by atoms with Gasteiger partial charge in [0.2, 0.25) is 0 Å². The van der Waals surface area contributed by atoms with Crippen LogP contribution < -0.4 is 11.2 Å². The summed E-state index contributed by atoms with van der Waals surface area (Å²) in [6, 6.07) is 17.9. The van der Waals surface area contributed by atoms with E-state index in [1.54, 1.807) is 11.3 Å². The van der Waals surface area contributed by atoms with Crippen LogP contribution in [0.5, 0.6) is 0 Å². The van der Waals surface area contributed by atoms with E-state index in [1.807, 2.05) is 42.5 Å². The van der Waals surface area contributed by atoms with Gasteiger partial charge in [-0.25, -0.2) is 0 Å². The summed E-state index contributed by atoms with van der Waals surface area (Å²) in [5.41, 5.74) is 12.1. The van der Waals surface area contributed by atoms with Crippen LogP contribution in [-0.4, -0.2) is 17.3 Å². The minimum Gasteiger partial charge on any atom is -0.380 e. The molecule has 3 N–H and O–H groups in total. The van der Waals surface area contributed by atoms with E-state index in [9.17, 15) is 0 Å². The van der Waals surface area contributed by atoms with Gasteiger partial charge in [0, 0.05) is 21.0 Å². The van der Waals surface area contributed by atoms with Crippen LogP contribution in [0, 0.1) is 0 Å². The highest BCUT2D eigenvalue weighted by atomic mass is 32.1. The third-order valence-electron chi connectivity index (χ3n) is 3.53. The number of hydrazone groups is 1. The zero-order valence-corrected chi connectivity index (χ0v) is 12.9. The molecule has 6 heteroatoms. The van der Waals surface area contributed by atoms with Crippen molar-refractivity contribution in [3.63, 3.8) is 0 Å². The first-order valence-electron chi connectivity index (χ1n) is 7.10. The van der Waals surface area contributed by atoms with E-state index in [-0.39, 0.29) is 0 Å². The van der Waals surface area contributed by atoms with Gasteiger partial charge in [-0.2, -0.15) is 5.10 Å². The van der Waals surface area contributed by atoms with Crippen molar-refractivity contribution in [1.82, 2.24) is 0 Å². The molecule has 0 unspecified atom stereocenters. The van der Waals surface area contributed by atoms with Gasteiger partial charge in [-0.3, -0.25) is 5.43 Å². The minimum atomic E-state index is 0.318. The first-order chi connectivity index (χ1) is 11.3. The molecule has 0 spiro atoms. The smallest absolute Gasteiger partial charge is 0.176 e. The van der Waals surface area contributed by atoms with E-state index in [1.165, 1.54) is 4.70 Å². The molecule has 0 fully saturated rings. The first-order valence-corrected chi connectivity index (χ1v) is 7.98. The van der Waals surface area contributed by atoms with Gasteiger partial charge in [-0.1, -0.05) is 36.4 Å². The quantitative estimate of drug-likeness (QED) is 0.726. The highest BCUT2D eigenvalue weighted by Gasteiger charge is 2.24. The van der Waals surface area contributed by atoms with E-state index < -0.39 is 0 Å². The molecule has 0 saturated heterocycles. The standard InChI is InChI=1S/C17H13N5S/c18-17-16(21-19-11-6-2-1-3-7-11)15(20-22-17)13-10-23-14-9-5-4-8-12(13)14/h1-10,19H,(H2,18,21,22). The number of nitrogens with one attached hydrogen (secondary N) is 1. The van der Waals surface area contributed by atoms with Gasteiger partial charge in [0.05, 0.1) is 5.69 Å². The van der Waals surface area contributed by atoms with Crippen molar-refractivity contribution in [3.8, 4) is 0 Å². The van der Waals surface area contributed by atoms with Crippen LogP contribution in [-0.2, 0) is 0 Å². The van der Waals surface area contributed by atoms with E-state index in [4.69, 9.17) is 5.73 Å². The predicted molar refractivity (Wildman–Crippen MR) is 97.5 cm³/mol. The Morgan fingerprint density at radius 2 is 1.74 bits per heavy atom. The Bertz CT molecular complexity index is 953. The predicted octanol–water partition coefficient (Wildman–Crippen LogP) is 3.44. The van der Waals surface area contributed by atoms with Gasteiger partial charge < -0.3 is 5.73 Å². The second-order valence-electron chi connectivity index (χ2n) is 5.02. The van der Waals surface area contributed by atoms with Crippen molar-refractivity contribution < 1.29 is 0 Å². The molecule has 3 aromatic rings. The molecule has 0 atom stereocenters. The summed E-state index contributed by atoms with van der Waals surface area (Å²) in [6.07, 6.45) is 0. The number of nitrogens with two attached hydrogens (primary N) is 1. The summed E-state index contributed by atoms with van der Waals surface area (Å²) in [4.78, 5) is 0. The van der Waals surface area contributed by atoms with E-state index >= 15 is 0 Å². The maximum absolute atomic E-state index is 5.95. The molecule has 0 amide bonds. The lowest BCUT2D eigenvalue weighted by atomic mass is 10.1. The van der Waals surface area contributed by atoms with Crippen molar-refractivity contribution in [2.24, 2.45) is 21.0 Å². The molecule has 0 radical (unpaired) electrons. The normalized spacial score (nSPS) is 15.7. The van der Waals surface area contributed by atoms with Crippen molar-refractivity contribution in [2.75, 3.05) is 5.43 Å². The number of amidine groups is 1. The molecule has 0 aliphatic carbocycles. The van der Waals surface area contributed by atoms with Gasteiger partial charge in [0.1, 0.15) is 5.71 Å². The summed E-state index contributed by atoms with van der Waals surface area (Å²) in [5, 5.41) is 15.8. The average Bonchev–Trinajstić information content (AvgIpc) is 3.17. The average molecular weight is 319 g/mol. The van der Waals surface area contributed by atoms with Gasteiger partial charge in [0.15, 0.2) is 11.5 Å². The lowest BCUT2D eigenvalue weighted by Gasteiger charge is -2.04. The summed E-state index contributed by atoms with van der Waals surface area (Å²) in [5.74, 6) is 0.318. The van der Waals surface area contributed by atoms with Gasteiger partial charge in [-0.05, 0) is 18.2 Å². The molecular weight excluding hydrogens is 306 g/mol. The Balaban J connectivity index is 1.71. The fourth-order valence-corrected chi connectivity index (χ4v) is 3.35. The monoisotopic (exact) mass is 319 g/mol. The SMILES string of the molecule is NC1=NN=C(c2csc3ccccc23)/C1=N\Nc1ccccc1. The Morgan fingerprint density at radius 3 is 2.61 bits per heavy atom. The van der Waals surface area contributed by atoms with Crippen LogP contribution in [0.25, 0.3) is 10.1 Å². The number of fused-ring (bicyclic) bond motifs is 1. The highest BCUT2D eigenvalue weighted by Crippen LogP contribution is 2.27. The molecule has 1 aromatic heterocycles. The summed E-state index contributed by atoms with van der Waals surface area (Å²) >= 11 is 1.67. The Hall–Kier alpha value is -2.99. The zero-order chi connectivity index (χ0) is 15.6. The number of nitrogens with zero attached hydrogens (tertiary/aromatic N) is 3. The Kier molecular flexibility index (Phi) is 3.36. The van der Waals surface area contributed by atoms with Crippen LogP contribution in [0.4, 0.5) is 5.69 Å². The number of benzene rings is 2. The minimum absolute atomic E-state index is 0.318. The van der Waals surface area contributed by atoms with Crippen LogP contribution in [0.15, 0.2) is 75.3 Å². The molecule has 2 aromatic carbocycles. The molecule has 23 heavy (non-hydrogen) atoms. The molecule has 0 bridgehead atoms. The number of hydrogen-bond acceptors (Lipinski definition) is 6. The summed E-state index contributed by atoms with van der Waals surface area (Å²) < 4.78 is 1.20. The molecule has 4 rings (SSSR count). The maximum Gasteiger partial charge on any atom is 0.176 e. The highest BCUT2D eigenvalue weighted by molar-refractivity contribution is 7.17. The molecule has 1 aliphatic rings. The molecular formula is C17H13N5S. The lowest BCUT2D eigenvalue weighted by molar-refractivity contribution is 1.26. The van der Waals surface area contributed by atoms with Crippen molar-refractivity contribution in [3.05, 3.63) is 65.5 Å². The van der Waals surface area contributed by atoms with Crippen LogP contribution in [0.1, 0.15) is 5.56 Å². The van der Waals surface area contributed by atoms with Crippen molar-refractivity contribution >= 4 is 44.4 Å². The number of thiophene rings is 1. The van der Waals surface area contributed by atoms with Crippen molar-refractivity contribution in [2.45, 2.75) is 0 Å². The lowest BCUT2D eigenvalue weighted by Crippen LogP contribution is -2.28. The van der Waals surface area contributed by atoms with E-state index in [0.29, 0.717) is 17.3 Å². The van der Waals surface area contributed by atoms with Gasteiger partial charge in [-0.15, -0.1) is 21.5 Å². The second kappa shape index (κ2) is 5.66. The number of hydrogen-bond donors (Lipinski definition) is 2. The Morgan fingerprint density at radius 1 is 0.957 bits per heavy atom. The topological polar surface area (TPSA) is 75.1 Å². The van der Waals surface area contributed by atoms with Crippen LogP contribution in [0.2, 0.25) is 0 Å². The van der Waals surface area contributed by atoms with E-state index in [2.05, 4.69) is 38.2 Å². The van der Waals surface area contributed by atoms with Gasteiger partial charge in [0.25, 0.3) is 0 Å². The Labute approximate surface area is 136 Å². The summed E-state index contributed by atoms with van der Waals surface area (Å²) in [7, 11) is 0. The maximum atomic E-state index is 5.95.